The van der Waals surface area contributed by atoms with Gasteiger partial charge in [0.2, 0.25) is 0 Å². The summed E-state index contributed by atoms with van der Waals surface area (Å²) in [5.41, 5.74) is 3.45. The third-order valence-corrected chi connectivity index (χ3v) is 8.62. The molecule has 1 heterocycles. The number of carboxylic acids is 1. The average molecular weight is 786 g/mol. The lowest BCUT2D eigenvalue weighted by atomic mass is 9.86. The molecule has 0 spiro atoms. The predicted molar refractivity (Wildman–Crippen MR) is 221 cm³/mol. The molecule has 0 aliphatic rings. The van der Waals surface area contributed by atoms with Crippen LogP contribution in [0.25, 0.3) is 10.8 Å². The van der Waals surface area contributed by atoms with Gasteiger partial charge in [0.25, 0.3) is 0 Å². The second-order valence-electron chi connectivity index (χ2n) is 13.3. The van der Waals surface area contributed by atoms with Crippen LogP contribution in [0.2, 0.25) is 0 Å². The van der Waals surface area contributed by atoms with Gasteiger partial charge in [-0.3, -0.25) is 0 Å². The van der Waals surface area contributed by atoms with Crippen LogP contribution in [-0.2, 0) is 19.7 Å². The van der Waals surface area contributed by atoms with Crippen molar-refractivity contribution in [2.24, 2.45) is 0 Å². The molecule has 5 N–H and O–H groups in total. The van der Waals surface area contributed by atoms with Crippen molar-refractivity contribution in [2.45, 2.75) is 26.2 Å². The summed E-state index contributed by atoms with van der Waals surface area (Å²) >= 11 is 1.44. The number of nitrogens with zero attached hydrogens (tertiary/aromatic N) is 1. The fourth-order valence-electron chi connectivity index (χ4n) is 5.57. The number of fused-ring (bicyclic) bond motifs is 1. The van der Waals surface area contributed by atoms with Crippen LogP contribution in [0.15, 0.2) is 85.1 Å². The Kier molecular flexibility index (Phi) is 14.5. The molecule has 0 aliphatic heterocycles. The van der Waals surface area contributed by atoms with Gasteiger partial charge in [0.15, 0.2) is 5.75 Å². The van der Waals surface area contributed by atoms with Crippen LogP contribution in [0, 0.1) is 0 Å². The summed E-state index contributed by atoms with van der Waals surface area (Å²) in [6.07, 6.45) is 3.56. The highest BCUT2D eigenvalue weighted by Gasteiger charge is 2.21. The van der Waals surface area contributed by atoms with E-state index in [0.717, 1.165) is 22.0 Å². The number of ether oxygens (including phenoxy) is 6. The van der Waals surface area contributed by atoms with Gasteiger partial charge in [-0.25, -0.2) is 14.6 Å². The molecule has 0 bridgehead atoms. The average Bonchev–Trinajstić information content (AvgIpc) is 3.16. The molecule has 0 saturated carbocycles. The number of carboxylic acid groups (broad SMARTS) is 1. The Labute approximate surface area is 330 Å². The summed E-state index contributed by atoms with van der Waals surface area (Å²) in [6.45, 7) is 6.95. The van der Waals surface area contributed by atoms with E-state index >= 15 is 0 Å². The van der Waals surface area contributed by atoms with Gasteiger partial charge < -0.3 is 54.2 Å². The minimum Gasteiger partial charge on any atom is -0.497 e. The normalized spacial score (nSPS) is 11.1. The van der Waals surface area contributed by atoms with Gasteiger partial charge in [-0.05, 0) is 41.3 Å². The summed E-state index contributed by atoms with van der Waals surface area (Å²) < 4.78 is 37.1. The van der Waals surface area contributed by atoms with Gasteiger partial charge >= 0.3 is 12.0 Å². The zero-order chi connectivity index (χ0) is 40.1. The Balaban J connectivity index is 1.27. The Morgan fingerprint density at radius 1 is 0.768 bits per heavy atom. The second-order valence-corrected chi connectivity index (χ2v) is 13.9. The number of aromatic nitrogens is 1. The number of urea groups is 1. The van der Waals surface area contributed by atoms with Gasteiger partial charge in [0, 0.05) is 53.2 Å². The molecule has 0 unspecified atom stereocenters. The maximum absolute atomic E-state index is 13.5. The van der Waals surface area contributed by atoms with E-state index in [2.05, 4.69) is 46.4 Å². The van der Waals surface area contributed by atoms with Crippen molar-refractivity contribution in [2.75, 3.05) is 74.2 Å². The summed E-state index contributed by atoms with van der Waals surface area (Å²) in [5, 5.41) is 19.5. The zero-order valence-corrected chi connectivity index (χ0v) is 33.0. The van der Waals surface area contributed by atoms with E-state index in [4.69, 9.17) is 33.5 Å². The smallest absolute Gasteiger partial charge is 0.329 e. The van der Waals surface area contributed by atoms with Crippen LogP contribution in [0.1, 0.15) is 26.3 Å². The van der Waals surface area contributed by atoms with Crippen molar-refractivity contribution in [3.8, 4) is 28.7 Å². The molecule has 2 amide bonds. The number of nitrogens with one attached hydrogen (secondary N) is 4. The molecule has 0 fully saturated rings. The number of carbonyl (C=O) groups is 2. The third kappa shape index (κ3) is 11.6. The second kappa shape index (κ2) is 19.6. The maximum Gasteiger partial charge on any atom is 0.329 e. The number of hydrogen-bond donors (Lipinski definition) is 5. The summed E-state index contributed by atoms with van der Waals surface area (Å²) in [5.74, 6) is 2.27. The van der Waals surface area contributed by atoms with Crippen LogP contribution in [0.5, 0.6) is 28.7 Å². The number of anilines is 5. The number of carbonyl (C=O) groups excluding carboxylic acids is 1. The van der Waals surface area contributed by atoms with Crippen molar-refractivity contribution >= 4 is 63.3 Å². The first-order valence-electron chi connectivity index (χ1n) is 17.7. The number of amides is 2. The highest BCUT2D eigenvalue weighted by Crippen LogP contribution is 2.40. The molecular weight excluding hydrogens is 739 g/mol. The van der Waals surface area contributed by atoms with Crippen molar-refractivity contribution in [1.29, 1.82) is 0 Å². The van der Waals surface area contributed by atoms with Crippen LogP contribution < -0.4 is 39.6 Å². The van der Waals surface area contributed by atoms with Crippen LogP contribution >= 0.6 is 11.9 Å². The lowest BCUT2D eigenvalue weighted by Gasteiger charge is -2.24. The molecule has 4 aromatic carbocycles. The minimum absolute atomic E-state index is 0.166. The fourth-order valence-corrected chi connectivity index (χ4v) is 5.94. The molecule has 56 heavy (non-hydrogen) atoms. The first-order valence-corrected chi connectivity index (χ1v) is 18.9. The molecule has 296 valence electrons. The van der Waals surface area contributed by atoms with E-state index in [1.165, 1.54) is 11.9 Å². The molecule has 0 atom stereocenters. The van der Waals surface area contributed by atoms with Gasteiger partial charge in [0.1, 0.15) is 42.0 Å². The summed E-state index contributed by atoms with van der Waals surface area (Å²) in [4.78, 5) is 28.5. The van der Waals surface area contributed by atoms with E-state index < -0.39 is 12.0 Å². The predicted octanol–water partition coefficient (Wildman–Crippen LogP) is 8.92. The molecule has 5 rings (SSSR count). The highest BCUT2D eigenvalue weighted by molar-refractivity contribution is 7.99. The monoisotopic (exact) mass is 785 g/mol. The van der Waals surface area contributed by atoms with Gasteiger partial charge in [0.05, 0.1) is 51.1 Å². The Morgan fingerprint density at radius 3 is 2.21 bits per heavy atom. The SMILES string of the molecule is COc1cc(Nc2cc(Oc3ccc(NC(=O)Nc4cc(C(C)(C)C)cc(NSC)c4OC)c4ccccc34)ccn2)cc(OCCOCCOCC(=O)O)c1. The number of methoxy groups -OCH3 is 2. The van der Waals surface area contributed by atoms with Gasteiger partial charge in [-0.1, -0.05) is 57.0 Å². The topological polar surface area (TPSA) is 171 Å². The van der Waals surface area contributed by atoms with Crippen LogP contribution in [-0.4, -0.2) is 75.6 Å². The fraction of sp³-hybridized carbons (Fsp3) is 0.293. The largest absolute Gasteiger partial charge is 0.497 e. The van der Waals surface area contributed by atoms with Crippen molar-refractivity contribution in [3.63, 3.8) is 0 Å². The highest BCUT2D eigenvalue weighted by atomic mass is 32.2. The van der Waals surface area contributed by atoms with Crippen molar-refractivity contribution in [1.82, 2.24) is 4.98 Å². The van der Waals surface area contributed by atoms with Crippen molar-refractivity contribution in [3.05, 3.63) is 90.6 Å². The number of pyridine rings is 1. The number of aliphatic carboxylic acids is 1. The molecule has 0 aliphatic carbocycles. The van der Waals surface area contributed by atoms with E-state index in [1.54, 1.807) is 50.7 Å². The standard InChI is InChI=1S/C41H47N5O9S/c1-41(2,3)26-19-34(39(51-5)35(20-26)46-56-6)45-40(49)44-33-11-12-36(32-10-8-7-9-31(32)33)55-28-13-14-42-37(24-28)43-27-21-29(50-4)23-30(22-27)54-18-17-52-15-16-53-25-38(47)48/h7-14,19-24,46H,15-18,25H2,1-6H3,(H,42,43)(H,47,48)(H2,44,45,49). The Bertz CT molecular complexity index is 2130. The first kappa shape index (κ1) is 41.3. The Morgan fingerprint density at radius 2 is 1.48 bits per heavy atom. The molecule has 14 nitrogen and oxygen atoms in total. The first-order chi connectivity index (χ1) is 27.0. The zero-order valence-electron chi connectivity index (χ0n) is 32.2. The molecule has 15 heteroatoms. The summed E-state index contributed by atoms with van der Waals surface area (Å²) in [7, 11) is 3.14. The quantitative estimate of drug-likeness (QED) is 0.0398. The maximum atomic E-state index is 13.5. The van der Waals surface area contributed by atoms with Crippen LogP contribution in [0.4, 0.5) is 33.4 Å². The summed E-state index contributed by atoms with van der Waals surface area (Å²) in [6, 6.07) is 23.7. The van der Waals surface area contributed by atoms with E-state index in [-0.39, 0.29) is 38.4 Å². The number of rotatable bonds is 19. The minimum atomic E-state index is -1.03. The molecular formula is C41H47N5O9S. The lowest BCUT2D eigenvalue weighted by Crippen LogP contribution is -2.21. The van der Waals surface area contributed by atoms with E-state index in [0.29, 0.717) is 51.6 Å². The van der Waals surface area contributed by atoms with E-state index in [1.807, 2.05) is 54.8 Å². The molecule has 1 aromatic heterocycles. The lowest BCUT2D eigenvalue weighted by molar-refractivity contribution is -0.142. The number of hydrogen-bond acceptors (Lipinski definition) is 12. The van der Waals surface area contributed by atoms with E-state index in [9.17, 15) is 9.59 Å². The third-order valence-electron chi connectivity index (χ3n) is 8.19. The van der Waals surface area contributed by atoms with Crippen LogP contribution in [0.3, 0.4) is 0 Å². The number of benzene rings is 4. The molecule has 5 aromatic rings. The Hall–Kier alpha value is -5.90. The molecule has 0 radical (unpaired) electrons. The molecule has 0 saturated heterocycles. The van der Waals surface area contributed by atoms with Gasteiger partial charge in [-0.15, -0.1) is 0 Å². The van der Waals surface area contributed by atoms with Crippen molar-refractivity contribution < 1.29 is 43.1 Å². The van der Waals surface area contributed by atoms with Gasteiger partial charge in [-0.2, -0.15) is 0 Å².